The van der Waals surface area contributed by atoms with E-state index in [1.807, 2.05) is 0 Å². The van der Waals surface area contributed by atoms with Gasteiger partial charge in [-0.2, -0.15) is 0 Å². The summed E-state index contributed by atoms with van der Waals surface area (Å²) in [4.78, 5) is 5.56. The summed E-state index contributed by atoms with van der Waals surface area (Å²) in [6.07, 6.45) is 11.5. The Bertz CT molecular complexity index is 325. The fourth-order valence-electron chi connectivity index (χ4n) is 5.50. The molecule has 114 valence electrons. The topological polar surface area (TPSA) is 18.5 Å². The van der Waals surface area contributed by atoms with Crippen molar-refractivity contribution in [3.05, 3.63) is 0 Å². The van der Waals surface area contributed by atoms with Crippen LogP contribution in [-0.2, 0) is 0 Å². The molecule has 0 radical (unpaired) electrons. The summed E-state index contributed by atoms with van der Waals surface area (Å²) in [7, 11) is 2.36. The predicted octanol–water partition coefficient (Wildman–Crippen LogP) is 2.08. The number of likely N-dealkylation sites (tertiary alicyclic amines) is 1. The third-order valence-electron chi connectivity index (χ3n) is 6.75. The minimum atomic E-state index is 0.834. The van der Waals surface area contributed by atoms with Crippen molar-refractivity contribution in [2.45, 2.75) is 75.5 Å². The van der Waals surface area contributed by atoms with Gasteiger partial charge in [0.15, 0.2) is 0 Å². The van der Waals surface area contributed by atoms with E-state index in [2.05, 4.69) is 22.2 Å². The van der Waals surface area contributed by atoms with E-state index >= 15 is 0 Å². The molecule has 0 saturated carbocycles. The summed E-state index contributed by atoms with van der Waals surface area (Å²) in [5, 5.41) is 3.75. The van der Waals surface area contributed by atoms with Gasteiger partial charge in [0.25, 0.3) is 0 Å². The molecule has 0 aromatic rings. The Morgan fingerprint density at radius 1 is 0.900 bits per heavy atom. The molecule has 4 rings (SSSR count). The van der Waals surface area contributed by atoms with Crippen molar-refractivity contribution >= 4 is 0 Å². The molecule has 0 amide bonds. The molecule has 4 aliphatic rings. The zero-order chi connectivity index (χ0) is 13.5. The number of hydrogen-bond acceptors (Lipinski definition) is 3. The van der Waals surface area contributed by atoms with Crippen LogP contribution < -0.4 is 5.32 Å². The van der Waals surface area contributed by atoms with Gasteiger partial charge in [0.2, 0.25) is 0 Å². The number of nitrogens with one attached hydrogen (secondary N) is 1. The van der Waals surface area contributed by atoms with E-state index in [-0.39, 0.29) is 0 Å². The lowest BCUT2D eigenvalue weighted by Crippen LogP contribution is -2.53. The molecule has 0 aromatic heterocycles. The molecule has 1 N–H and O–H groups in total. The van der Waals surface area contributed by atoms with Crippen LogP contribution in [0, 0.1) is 5.92 Å². The molecule has 2 bridgehead atoms. The second kappa shape index (κ2) is 5.58. The standard InChI is InChI=1S/C17H31N3/c1-19-14-6-7-15(19)11-16(10-14)20-9-3-4-13(12-20)17-5-2-8-18-17/h13-18H,2-12H2,1H3. The summed E-state index contributed by atoms with van der Waals surface area (Å²) < 4.78 is 0. The molecule has 3 nitrogen and oxygen atoms in total. The Labute approximate surface area is 124 Å². The summed E-state index contributed by atoms with van der Waals surface area (Å²) >= 11 is 0. The Kier molecular flexibility index (Phi) is 3.78. The molecule has 20 heavy (non-hydrogen) atoms. The quantitative estimate of drug-likeness (QED) is 0.834. The number of nitrogens with zero attached hydrogens (tertiary/aromatic N) is 2. The molecule has 4 fully saturated rings. The maximum atomic E-state index is 3.75. The van der Waals surface area contributed by atoms with E-state index in [1.54, 1.807) is 0 Å². The molecule has 4 unspecified atom stereocenters. The van der Waals surface area contributed by atoms with Crippen molar-refractivity contribution in [1.82, 2.24) is 15.1 Å². The highest BCUT2D eigenvalue weighted by Gasteiger charge is 2.41. The first kappa shape index (κ1) is 13.5. The van der Waals surface area contributed by atoms with Gasteiger partial charge in [-0.05, 0) is 77.4 Å². The molecule has 4 saturated heterocycles. The van der Waals surface area contributed by atoms with Crippen molar-refractivity contribution in [2.75, 3.05) is 26.7 Å². The molecule has 0 aliphatic carbocycles. The van der Waals surface area contributed by atoms with Gasteiger partial charge in [0.1, 0.15) is 0 Å². The highest BCUT2D eigenvalue weighted by atomic mass is 15.2. The second-order valence-electron chi connectivity index (χ2n) is 7.78. The number of piperidine rings is 2. The van der Waals surface area contributed by atoms with E-state index in [9.17, 15) is 0 Å². The van der Waals surface area contributed by atoms with Crippen LogP contribution in [0.3, 0.4) is 0 Å². The minimum absolute atomic E-state index is 0.834. The lowest BCUT2D eigenvalue weighted by atomic mass is 9.87. The SMILES string of the molecule is CN1C2CCC1CC(N1CCCC(C3CCCN3)C1)C2. The van der Waals surface area contributed by atoms with Gasteiger partial charge in [0, 0.05) is 30.7 Å². The fourth-order valence-corrected chi connectivity index (χ4v) is 5.50. The summed E-state index contributed by atoms with van der Waals surface area (Å²) in [6, 6.07) is 3.51. The van der Waals surface area contributed by atoms with Gasteiger partial charge < -0.3 is 10.2 Å². The third-order valence-corrected chi connectivity index (χ3v) is 6.75. The monoisotopic (exact) mass is 277 g/mol. The van der Waals surface area contributed by atoms with Crippen molar-refractivity contribution in [3.63, 3.8) is 0 Å². The largest absolute Gasteiger partial charge is 0.314 e. The van der Waals surface area contributed by atoms with Crippen LogP contribution in [0.25, 0.3) is 0 Å². The first-order valence-corrected chi connectivity index (χ1v) is 9.00. The highest BCUT2D eigenvalue weighted by Crippen LogP contribution is 2.38. The molecular formula is C17H31N3. The van der Waals surface area contributed by atoms with Crippen LogP contribution in [-0.4, -0.2) is 60.6 Å². The predicted molar refractivity (Wildman–Crippen MR) is 82.9 cm³/mol. The minimum Gasteiger partial charge on any atom is -0.314 e. The summed E-state index contributed by atoms with van der Waals surface area (Å²) in [6.45, 7) is 4.02. The van der Waals surface area contributed by atoms with E-state index in [0.717, 1.165) is 30.1 Å². The van der Waals surface area contributed by atoms with Gasteiger partial charge in [-0.25, -0.2) is 0 Å². The number of fused-ring (bicyclic) bond motifs is 2. The van der Waals surface area contributed by atoms with Crippen molar-refractivity contribution in [3.8, 4) is 0 Å². The summed E-state index contributed by atoms with van der Waals surface area (Å²) in [5.74, 6) is 0.934. The Morgan fingerprint density at radius 3 is 2.40 bits per heavy atom. The summed E-state index contributed by atoms with van der Waals surface area (Å²) in [5.41, 5.74) is 0. The normalized spacial score (nSPS) is 47.0. The molecule has 3 heteroatoms. The van der Waals surface area contributed by atoms with E-state index in [1.165, 1.54) is 71.0 Å². The smallest absolute Gasteiger partial charge is 0.0125 e. The van der Waals surface area contributed by atoms with Crippen molar-refractivity contribution in [1.29, 1.82) is 0 Å². The van der Waals surface area contributed by atoms with Gasteiger partial charge in [-0.15, -0.1) is 0 Å². The van der Waals surface area contributed by atoms with Gasteiger partial charge in [-0.1, -0.05) is 0 Å². The van der Waals surface area contributed by atoms with Gasteiger partial charge in [0.05, 0.1) is 0 Å². The fraction of sp³-hybridized carbons (Fsp3) is 1.00. The van der Waals surface area contributed by atoms with E-state index in [4.69, 9.17) is 0 Å². The zero-order valence-electron chi connectivity index (χ0n) is 13.1. The molecule has 4 heterocycles. The average molecular weight is 277 g/mol. The molecular weight excluding hydrogens is 246 g/mol. The molecule has 4 atom stereocenters. The average Bonchev–Trinajstić information content (AvgIpc) is 3.06. The van der Waals surface area contributed by atoms with Crippen molar-refractivity contribution < 1.29 is 0 Å². The van der Waals surface area contributed by atoms with Crippen LogP contribution >= 0.6 is 0 Å². The first-order chi connectivity index (χ1) is 9.81. The van der Waals surface area contributed by atoms with Gasteiger partial charge in [-0.3, -0.25) is 4.90 Å². The Hall–Kier alpha value is -0.120. The van der Waals surface area contributed by atoms with Crippen LogP contribution in [0.1, 0.15) is 51.4 Å². The Balaban J connectivity index is 1.38. The molecule has 4 aliphatic heterocycles. The molecule has 0 spiro atoms. The Morgan fingerprint density at radius 2 is 1.70 bits per heavy atom. The van der Waals surface area contributed by atoms with Gasteiger partial charge >= 0.3 is 0 Å². The first-order valence-electron chi connectivity index (χ1n) is 9.00. The third kappa shape index (κ3) is 2.42. The van der Waals surface area contributed by atoms with E-state index in [0.29, 0.717) is 0 Å². The second-order valence-corrected chi connectivity index (χ2v) is 7.78. The van der Waals surface area contributed by atoms with Crippen molar-refractivity contribution in [2.24, 2.45) is 5.92 Å². The van der Waals surface area contributed by atoms with Crippen LogP contribution in [0.2, 0.25) is 0 Å². The molecule has 0 aromatic carbocycles. The maximum absolute atomic E-state index is 3.75. The highest BCUT2D eigenvalue weighted by molar-refractivity contribution is 4.98. The lowest BCUT2D eigenvalue weighted by molar-refractivity contribution is 0.0421. The zero-order valence-corrected chi connectivity index (χ0v) is 13.1. The van der Waals surface area contributed by atoms with Crippen LogP contribution in [0.4, 0.5) is 0 Å². The van der Waals surface area contributed by atoms with Crippen LogP contribution in [0.5, 0.6) is 0 Å². The number of rotatable bonds is 2. The lowest BCUT2D eigenvalue weighted by Gasteiger charge is -2.45. The number of hydrogen-bond donors (Lipinski definition) is 1. The van der Waals surface area contributed by atoms with E-state index < -0.39 is 0 Å². The maximum Gasteiger partial charge on any atom is 0.0125 e. The van der Waals surface area contributed by atoms with Crippen LogP contribution in [0.15, 0.2) is 0 Å².